The Morgan fingerprint density at radius 3 is 2.65 bits per heavy atom. The van der Waals surface area contributed by atoms with Crippen molar-refractivity contribution in [3.05, 3.63) is 52.0 Å². The summed E-state index contributed by atoms with van der Waals surface area (Å²) in [6.07, 6.45) is 0. The molecule has 0 spiro atoms. The molecule has 0 aliphatic heterocycles. The molecule has 0 atom stereocenters. The number of aromatic carboxylic acids is 1. The fraction of sp³-hybridized carbons (Fsp3) is 0. The predicted molar refractivity (Wildman–Crippen MR) is 75.8 cm³/mol. The molecule has 3 aromatic rings. The van der Waals surface area contributed by atoms with Gasteiger partial charge in [-0.3, -0.25) is 0 Å². The zero-order chi connectivity index (χ0) is 14.3. The molecule has 2 aromatic carbocycles. The lowest BCUT2D eigenvalue weighted by atomic mass is 10.2. The Morgan fingerprint density at radius 2 is 1.95 bits per heavy atom. The molecule has 0 saturated carbocycles. The van der Waals surface area contributed by atoms with E-state index in [1.165, 1.54) is 16.8 Å². The van der Waals surface area contributed by atoms with Crippen molar-refractivity contribution in [3.63, 3.8) is 0 Å². The summed E-state index contributed by atoms with van der Waals surface area (Å²) in [5.74, 6) is -1.01. The molecule has 0 amide bonds. The van der Waals surface area contributed by atoms with Crippen molar-refractivity contribution in [3.8, 4) is 5.69 Å². The van der Waals surface area contributed by atoms with Crippen LogP contribution < -0.4 is 0 Å². The summed E-state index contributed by atoms with van der Waals surface area (Å²) in [6.45, 7) is 0. The van der Waals surface area contributed by atoms with Crippen molar-refractivity contribution in [2.45, 2.75) is 0 Å². The number of benzene rings is 2. The number of hydrogen-bond acceptors (Lipinski definition) is 3. The van der Waals surface area contributed by atoms with Gasteiger partial charge in [-0.15, -0.1) is 5.10 Å². The number of rotatable bonds is 2. The zero-order valence-corrected chi connectivity index (χ0v) is 11.4. The Kier molecular flexibility index (Phi) is 3.08. The van der Waals surface area contributed by atoms with Crippen LogP contribution in [0.1, 0.15) is 10.4 Å². The maximum atomic E-state index is 11.0. The second-order valence-corrected chi connectivity index (χ2v) is 4.95. The van der Waals surface area contributed by atoms with Gasteiger partial charge in [0.2, 0.25) is 0 Å². The smallest absolute Gasteiger partial charge is 0.335 e. The molecule has 100 valence electrons. The molecule has 20 heavy (non-hydrogen) atoms. The first-order valence-electron chi connectivity index (χ1n) is 5.60. The Hall–Kier alpha value is -2.11. The van der Waals surface area contributed by atoms with Gasteiger partial charge in [-0.05, 0) is 36.4 Å². The van der Waals surface area contributed by atoms with Crippen LogP contribution in [-0.4, -0.2) is 26.1 Å². The summed E-state index contributed by atoms with van der Waals surface area (Å²) in [7, 11) is 0. The van der Waals surface area contributed by atoms with E-state index in [-0.39, 0.29) is 5.56 Å². The highest BCUT2D eigenvalue weighted by Crippen LogP contribution is 2.26. The molecule has 1 aromatic heterocycles. The molecule has 1 N–H and O–H groups in total. The highest BCUT2D eigenvalue weighted by Gasteiger charge is 2.12. The Labute approximate surface area is 123 Å². The molecular formula is C13H7Cl2N3O2. The summed E-state index contributed by atoms with van der Waals surface area (Å²) >= 11 is 12.0. The number of halogens is 2. The normalized spacial score (nSPS) is 10.9. The molecule has 0 bridgehead atoms. The molecule has 0 aliphatic rings. The average molecular weight is 308 g/mol. The molecule has 3 rings (SSSR count). The van der Waals surface area contributed by atoms with Gasteiger partial charge < -0.3 is 5.11 Å². The molecule has 0 fully saturated rings. The summed E-state index contributed by atoms with van der Waals surface area (Å²) in [5.41, 5.74) is 1.89. The van der Waals surface area contributed by atoms with Crippen molar-refractivity contribution in [1.82, 2.24) is 15.0 Å². The van der Waals surface area contributed by atoms with Crippen molar-refractivity contribution < 1.29 is 9.90 Å². The van der Waals surface area contributed by atoms with Crippen LogP contribution in [0, 0.1) is 0 Å². The minimum atomic E-state index is -1.01. The van der Waals surface area contributed by atoms with Crippen LogP contribution in [0.3, 0.4) is 0 Å². The van der Waals surface area contributed by atoms with Crippen molar-refractivity contribution in [1.29, 1.82) is 0 Å². The van der Waals surface area contributed by atoms with Crippen LogP contribution in [0.4, 0.5) is 0 Å². The Balaban J connectivity index is 2.25. The fourth-order valence-corrected chi connectivity index (χ4v) is 2.37. The molecule has 7 heteroatoms. The van der Waals surface area contributed by atoms with Gasteiger partial charge >= 0.3 is 5.97 Å². The van der Waals surface area contributed by atoms with Crippen LogP contribution >= 0.6 is 23.2 Å². The van der Waals surface area contributed by atoms with Crippen LogP contribution in [0.5, 0.6) is 0 Å². The molecule has 0 aliphatic carbocycles. The van der Waals surface area contributed by atoms with Crippen LogP contribution in [-0.2, 0) is 0 Å². The van der Waals surface area contributed by atoms with Crippen LogP contribution in [0.2, 0.25) is 10.0 Å². The van der Waals surface area contributed by atoms with Gasteiger partial charge in [0.05, 0.1) is 21.8 Å². The van der Waals surface area contributed by atoms with Gasteiger partial charge in [-0.25, -0.2) is 9.48 Å². The molecular weight excluding hydrogens is 301 g/mol. The van der Waals surface area contributed by atoms with E-state index in [9.17, 15) is 4.79 Å². The maximum absolute atomic E-state index is 11.0. The lowest BCUT2D eigenvalue weighted by Crippen LogP contribution is -2.00. The van der Waals surface area contributed by atoms with Crippen molar-refractivity contribution >= 4 is 40.2 Å². The third-order valence-corrected chi connectivity index (χ3v) is 3.37. The highest BCUT2D eigenvalue weighted by atomic mass is 35.5. The maximum Gasteiger partial charge on any atom is 0.335 e. The number of carboxylic acids is 1. The van der Waals surface area contributed by atoms with E-state index in [4.69, 9.17) is 28.3 Å². The van der Waals surface area contributed by atoms with Gasteiger partial charge in [0.15, 0.2) is 0 Å². The molecule has 1 heterocycles. The van der Waals surface area contributed by atoms with Gasteiger partial charge in [0, 0.05) is 5.02 Å². The lowest BCUT2D eigenvalue weighted by molar-refractivity contribution is 0.0697. The molecule has 5 nitrogen and oxygen atoms in total. The van der Waals surface area contributed by atoms with E-state index < -0.39 is 5.97 Å². The van der Waals surface area contributed by atoms with E-state index in [1.807, 2.05) is 0 Å². The Bertz CT molecular complexity index is 830. The second kappa shape index (κ2) is 4.77. The fourth-order valence-electron chi connectivity index (χ4n) is 1.88. The van der Waals surface area contributed by atoms with Crippen molar-refractivity contribution in [2.24, 2.45) is 0 Å². The summed E-state index contributed by atoms with van der Waals surface area (Å²) in [5, 5.41) is 17.9. The summed E-state index contributed by atoms with van der Waals surface area (Å²) in [4.78, 5) is 11.0. The zero-order valence-electron chi connectivity index (χ0n) is 9.92. The minimum absolute atomic E-state index is 0.158. The number of nitrogens with zero attached hydrogens (tertiary/aromatic N) is 3. The van der Waals surface area contributed by atoms with E-state index >= 15 is 0 Å². The number of carboxylic acid groups (broad SMARTS) is 1. The molecule has 0 unspecified atom stereocenters. The SMILES string of the molecule is O=C(O)c1ccc2nnn(-c3ccc(Cl)cc3Cl)c2c1. The Morgan fingerprint density at radius 1 is 1.15 bits per heavy atom. The molecule has 0 radical (unpaired) electrons. The highest BCUT2D eigenvalue weighted by molar-refractivity contribution is 6.35. The number of carbonyl (C=O) groups is 1. The summed E-state index contributed by atoms with van der Waals surface area (Å²) in [6, 6.07) is 9.55. The van der Waals surface area contributed by atoms with Gasteiger partial charge in [-0.1, -0.05) is 28.4 Å². The third-order valence-electron chi connectivity index (χ3n) is 2.83. The van der Waals surface area contributed by atoms with E-state index in [0.717, 1.165) is 0 Å². The van der Waals surface area contributed by atoms with Crippen LogP contribution in [0.15, 0.2) is 36.4 Å². The monoisotopic (exact) mass is 307 g/mol. The first-order chi connectivity index (χ1) is 9.56. The third kappa shape index (κ3) is 2.11. The second-order valence-electron chi connectivity index (χ2n) is 4.11. The van der Waals surface area contributed by atoms with Gasteiger partial charge in [-0.2, -0.15) is 0 Å². The van der Waals surface area contributed by atoms with Crippen molar-refractivity contribution in [2.75, 3.05) is 0 Å². The summed E-state index contributed by atoms with van der Waals surface area (Å²) < 4.78 is 1.49. The van der Waals surface area contributed by atoms with E-state index in [1.54, 1.807) is 24.3 Å². The number of hydrogen-bond donors (Lipinski definition) is 1. The van der Waals surface area contributed by atoms with Crippen LogP contribution in [0.25, 0.3) is 16.7 Å². The molecule has 0 saturated heterocycles. The quantitative estimate of drug-likeness (QED) is 0.787. The lowest BCUT2D eigenvalue weighted by Gasteiger charge is -2.05. The van der Waals surface area contributed by atoms with E-state index in [2.05, 4.69) is 10.3 Å². The van der Waals surface area contributed by atoms with E-state index in [0.29, 0.717) is 26.8 Å². The standard InChI is InChI=1S/C13H7Cl2N3O2/c14-8-2-4-11(9(15)6-8)18-12-5-7(13(19)20)1-3-10(12)16-17-18/h1-6H,(H,19,20). The van der Waals surface area contributed by atoms with Gasteiger partial charge in [0.1, 0.15) is 5.52 Å². The minimum Gasteiger partial charge on any atom is -0.478 e. The predicted octanol–water partition coefficient (Wildman–Crippen LogP) is 3.43. The largest absolute Gasteiger partial charge is 0.478 e. The first kappa shape index (κ1) is 12.9. The number of aromatic nitrogens is 3. The first-order valence-corrected chi connectivity index (χ1v) is 6.36. The van der Waals surface area contributed by atoms with Gasteiger partial charge in [0.25, 0.3) is 0 Å². The topological polar surface area (TPSA) is 68.0 Å². The number of fused-ring (bicyclic) bond motifs is 1. The average Bonchev–Trinajstić information content (AvgIpc) is 2.81.